The number of imidazole rings is 1. The number of carboxylic acids is 1. The number of rotatable bonds is 5. The average Bonchev–Trinajstić information content (AvgIpc) is 2.70. The molecule has 2 rings (SSSR count). The number of nitrogens with zero attached hydrogens (tertiary/aromatic N) is 1. The van der Waals surface area contributed by atoms with Crippen molar-refractivity contribution in [3.63, 3.8) is 0 Å². The molecule has 2 N–H and O–H groups in total. The summed E-state index contributed by atoms with van der Waals surface area (Å²) in [6, 6.07) is 4.52. The topological polar surface area (TPSA) is 92.2 Å². The molecule has 2 unspecified atom stereocenters. The lowest BCUT2D eigenvalue weighted by atomic mass is 10.2. The van der Waals surface area contributed by atoms with E-state index in [1.807, 2.05) is 6.92 Å². The van der Waals surface area contributed by atoms with E-state index in [1.54, 1.807) is 16.9 Å². The van der Waals surface area contributed by atoms with Crippen LogP contribution >= 0.6 is 0 Å². The summed E-state index contributed by atoms with van der Waals surface area (Å²) in [5.74, 6) is -1.03. The molecule has 0 fully saturated rings. The van der Waals surface area contributed by atoms with Crippen molar-refractivity contribution in [3.8, 4) is 0 Å². The quantitative estimate of drug-likeness (QED) is 0.866. The molecule has 1 aromatic carbocycles. The Morgan fingerprint density at radius 1 is 1.50 bits per heavy atom. The number of carbonyl (C=O) groups is 1. The van der Waals surface area contributed by atoms with Gasteiger partial charge in [-0.05, 0) is 24.6 Å². The summed E-state index contributed by atoms with van der Waals surface area (Å²) in [5.41, 5.74) is 1.01. The van der Waals surface area contributed by atoms with Crippen molar-refractivity contribution in [2.24, 2.45) is 0 Å². The molecule has 0 aliphatic carbocycles. The Morgan fingerprint density at radius 3 is 2.80 bits per heavy atom. The standard InChI is InChI=1S/C13H16N2O4S/c1-8(20(2)19)5-6-15-11-4-3-9(12(16)17)7-10(11)14-13(15)18/h3-4,7-8H,5-6H2,1-2H3,(H,14,18)(H,16,17). The highest BCUT2D eigenvalue weighted by molar-refractivity contribution is 7.84. The molecule has 20 heavy (non-hydrogen) atoms. The van der Waals surface area contributed by atoms with Crippen molar-refractivity contribution in [2.45, 2.75) is 25.1 Å². The van der Waals surface area contributed by atoms with Crippen molar-refractivity contribution in [2.75, 3.05) is 6.26 Å². The van der Waals surface area contributed by atoms with E-state index in [2.05, 4.69) is 4.98 Å². The largest absolute Gasteiger partial charge is 0.478 e. The molecule has 1 heterocycles. The number of hydrogen-bond acceptors (Lipinski definition) is 3. The third kappa shape index (κ3) is 2.82. The van der Waals surface area contributed by atoms with E-state index < -0.39 is 16.8 Å². The molecule has 6 nitrogen and oxygen atoms in total. The number of aromatic amines is 1. The number of hydrogen-bond donors (Lipinski definition) is 2. The Morgan fingerprint density at radius 2 is 2.20 bits per heavy atom. The molecule has 0 aliphatic rings. The van der Waals surface area contributed by atoms with Crippen LogP contribution in [0.4, 0.5) is 0 Å². The van der Waals surface area contributed by atoms with Crippen LogP contribution in [0, 0.1) is 0 Å². The van der Waals surface area contributed by atoms with E-state index in [4.69, 9.17) is 5.11 Å². The van der Waals surface area contributed by atoms with Crippen LogP contribution in [0.1, 0.15) is 23.7 Å². The van der Waals surface area contributed by atoms with Crippen molar-refractivity contribution in [1.82, 2.24) is 9.55 Å². The van der Waals surface area contributed by atoms with E-state index in [0.717, 1.165) is 0 Å². The summed E-state index contributed by atoms with van der Waals surface area (Å²) < 4.78 is 12.9. The summed E-state index contributed by atoms with van der Waals surface area (Å²) in [4.78, 5) is 25.4. The maximum atomic E-state index is 11.9. The van der Waals surface area contributed by atoms with Crippen LogP contribution in [-0.4, -0.2) is 36.3 Å². The van der Waals surface area contributed by atoms with Crippen molar-refractivity contribution in [1.29, 1.82) is 0 Å². The fourth-order valence-corrected chi connectivity index (χ4v) is 2.43. The molecule has 0 radical (unpaired) electrons. The predicted octanol–water partition coefficient (Wildman–Crippen LogP) is 1.18. The first-order valence-corrected chi connectivity index (χ1v) is 7.80. The SMILES string of the molecule is CC(CCn1c(=O)[nH]c2cc(C(=O)O)ccc21)S(C)=O. The zero-order chi connectivity index (χ0) is 14.9. The molecule has 7 heteroatoms. The van der Waals surface area contributed by atoms with Crippen LogP contribution < -0.4 is 5.69 Å². The zero-order valence-electron chi connectivity index (χ0n) is 11.3. The van der Waals surface area contributed by atoms with E-state index in [1.165, 1.54) is 12.1 Å². The van der Waals surface area contributed by atoms with Gasteiger partial charge in [0, 0.05) is 28.9 Å². The average molecular weight is 296 g/mol. The second kappa shape index (κ2) is 5.62. The van der Waals surface area contributed by atoms with Gasteiger partial charge in [-0.1, -0.05) is 6.92 Å². The summed E-state index contributed by atoms with van der Waals surface area (Å²) in [7, 11) is -0.925. The van der Waals surface area contributed by atoms with E-state index in [9.17, 15) is 13.8 Å². The summed E-state index contributed by atoms with van der Waals surface area (Å²) in [6.45, 7) is 2.32. The first kappa shape index (κ1) is 14.5. The van der Waals surface area contributed by atoms with Gasteiger partial charge in [0.15, 0.2) is 0 Å². The van der Waals surface area contributed by atoms with Crippen LogP contribution in [0.5, 0.6) is 0 Å². The van der Waals surface area contributed by atoms with Gasteiger partial charge in [-0.2, -0.15) is 0 Å². The molecule has 2 atom stereocenters. The van der Waals surface area contributed by atoms with Gasteiger partial charge in [0.25, 0.3) is 0 Å². The zero-order valence-corrected chi connectivity index (χ0v) is 12.1. The lowest BCUT2D eigenvalue weighted by molar-refractivity contribution is 0.0697. The number of carboxylic acid groups (broad SMARTS) is 1. The lowest BCUT2D eigenvalue weighted by Gasteiger charge is -2.08. The van der Waals surface area contributed by atoms with Gasteiger partial charge in [0.1, 0.15) is 0 Å². The minimum atomic E-state index is -1.03. The van der Waals surface area contributed by atoms with Gasteiger partial charge in [0.05, 0.1) is 16.6 Å². The summed E-state index contributed by atoms with van der Waals surface area (Å²) in [6.07, 6.45) is 2.26. The van der Waals surface area contributed by atoms with E-state index >= 15 is 0 Å². The maximum Gasteiger partial charge on any atom is 0.335 e. The first-order chi connectivity index (χ1) is 9.40. The minimum absolute atomic E-state index is 0.00476. The number of aryl methyl sites for hydroxylation is 1. The van der Waals surface area contributed by atoms with Crippen LogP contribution in [0.25, 0.3) is 11.0 Å². The van der Waals surface area contributed by atoms with Crippen molar-refractivity contribution < 1.29 is 14.1 Å². The van der Waals surface area contributed by atoms with Gasteiger partial charge in [-0.3, -0.25) is 8.78 Å². The number of aromatic nitrogens is 2. The fourth-order valence-electron chi connectivity index (χ4n) is 2.00. The van der Waals surface area contributed by atoms with Gasteiger partial charge >= 0.3 is 11.7 Å². The van der Waals surface area contributed by atoms with E-state index in [-0.39, 0.29) is 16.5 Å². The molecule has 108 valence electrons. The monoisotopic (exact) mass is 296 g/mol. The summed E-state index contributed by atoms with van der Waals surface area (Å²) >= 11 is 0. The minimum Gasteiger partial charge on any atom is -0.478 e. The van der Waals surface area contributed by atoms with Crippen LogP contribution in [0.3, 0.4) is 0 Å². The highest BCUT2D eigenvalue weighted by Crippen LogP contribution is 2.14. The third-order valence-electron chi connectivity index (χ3n) is 3.35. The maximum absolute atomic E-state index is 11.9. The Labute approximate surface area is 117 Å². The fraction of sp³-hybridized carbons (Fsp3) is 0.385. The molecular formula is C13H16N2O4S. The van der Waals surface area contributed by atoms with Gasteiger partial charge < -0.3 is 10.1 Å². The van der Waals surface area contributed by atoms with Gasteiger partial charge in [-0.25, -0.2) is 9.59 Å². The van der Waals surface area contributed by atoms with Crippen molar-refractivity contribution in [3.05, 3.63) is 34.2 Å². The molecule has 0 aliphatic heterocycles. The molecule has 2 aromatic rings. The van der Waals surface area contributed by atoms with Crippen molar-refractivity contribution >= 4 is 27.8 Å². The first-order valence-electron chi connectivity index (χ1n) is 6.18. The van der Waals surface area contributed by atoms with Gasteiger partial charge in [0.2, 0.25) is 0 Å². The molecule has 0 amide bonds. The summed E-state index contributed by atoms with van der Waals surface area (Å²) in [5, 5.41) is 8.93. The smallest absolute Gasteiger partial charge is 0.335 e. The molecule has 0 bridgehead atoms. The lowest BCUT2D eigenvalue weighted by Crippen LogP contribution is -2.20. The number of fused-ring (bicyclic) bond motifs is 1. The Balaban J connectivity index is 2.34. The van der Waals surface area contributed by atoms with Crippen LogP contribution in [-0.2, 0) is 17.3 Å². The molecular weight excluding hydrogens is 280 g/mol. The highest BCUT2D eigenvalue weighted by atomic mass is 32.2. The molecule has 0 saturated heterocycles. The number of aromatic carboxylic acids is 1. The van der Waals surface area contributed by atoms with E-state index in [0.29, 0.717) is 24.0 Å². The highest BCUT2D eigenvalue weighted by Gasteiger charge is 2.12. The Bertz CT molecular complexity index is 732. The third-order valence-corrected chi connectivity index (χ3v) is 4.72. The predicted molar refractivity (Wildman–Crippen MR) is 77.7 cm³/mol. The Kier molecular flexibility index (Phi) is 4.08. The number of H-pyrrole nitrogens is 1. The number of nitrogens with one attached hydrogen (secondary N) is 1. The van der Waals surface area contributed by atoms with Crippen LogP contribution in [0.2, 0.25) is 0 Å². The second-order valence-corrected chi connectivity index (χ2v) is 6.52. The Hall–Kier alpha value is -1.89. The molecule has 1 aromatic heterocycles. The molecule has 0 saturated carbocycles. The molecule has 0 spiro atoms. The van der Waals surface area contributed by atoms with Gasteiger partial charge in [-0.15, -0.1) is 0 Å². The second-order valence-electron chi connectivity index (χ2n) is 4.72. The normalized spacial score (nSPS) is 14.3. The number of benzene rings is 1. The van der Waals surface area contributed by atoms with Crippen LogP contribution in [0.15, 0.2) is 23.0 Å².